The molecule has 0 spiro atoms. The van der Waals surface area contributed by atoms with Crippen molar-refractivity contribution >= 4 is 40.7 Å². The van der Waals surface area contributed by atoms with Crippen molar-refractivity contribution in [3.8, 4) is 11.5 Å². The Morgan fingerprint density at radius 1 is 1.19 bits per heavy atom. The summed E-state index contributed by atoms with van der Waals surface area (Å²) in [5.41, 5.74) is 0.836. The lowest BCUT2D eigenvalue weighted by Crippen LogP contribution is -2.59. The fraction of sp³-hybridized carbons (Fsp3) is 0.606. The van der Waals surface area contributed by atoms with E-state index in [9.17, 15) is 24.6 Å². The predicted octanol–water partition coefficient (Wildman–Crippen LogP) is 4.04. The van der Waals surface area contributed by atoms with E-state index in [1.165, 1.54) is 26.4 Å². The minimum Gasteiger partial charge on any atom is -0.493 e. The summed E-state index contributed by atoms with van der Waals surface area (Å²) in [6.45, 7) is 4.24. The number of ether oxygens (including phenoxy) is 2. The molecule has 3 unspecified atom stereocenters. The van der Waals surface area contributed by atoms with E-state index >= 15 is 0 Å². The molecule has 5 aliphatic rings. The van der Waals surface area contributed by atoms with Crippen LogP contribution >= 0.6 is 22.6 Å². The number of rotatable bonds is 13. The molecule has 4 bridgehead atoms. The van der Waals surface area contributed by atoms with Gasteiger partial charge in [0.2, 0.25) is 11.8 Å². The third-order valence-corrected chi connectivity index (χ3v) is 10.6. The zero-order valence-electron chi connectivity index (χ0n) is 24.8. The summed E-state index contributed by atoms with van der Waals surface area (Å²) >= 11 is 2.05. The second kappa shape index (κ2) is 13.7. The average Bonchev–Trinajstić information content (AvgIpc) is 2.98. The second-order valence-corrected chi connectivity index (χ2v) is 14.1. The molecule has 0 aliphatic heterocycles. The SMILES string of the molecule is C=CCCC(=O)N(CC12CC3CC(CC(C3)C1)C2)C1CC(C(=O)NCCO)=CC(Oc2c(I)cc(C=O)cc2OC)C1O. The van der Waals surface area contributed by atoms with Gasteiger partial charge in [-0.25, -0.2) is 0 Å². The lowest BCUT2D eigenvalue weighted by molar-refractivity contribution is -0.147. The van der Waals surface area contributed by atoms with Crippen molar-refractivity contribution in [2.24, 2.45) is 23.2 Å². The number of benzene rings is 1. The molecule has 9 nitrogen and oxygen atoms in total. The normalized spacial score (nSPS) is 30.7. The van der Waals surface area contributed by atoms with Crippen molar-refractivity contribution in [3.05, 3.63) is 45.6 Å². The van der Waals surface area contributed by atoms with Crippen LogP contribution < -0.4 is 14.8 Å². The second-order valence-electron chi connectivity index (χ2n) is 12.9. The number of carbonyl (C=O) groups excluding carboxylic acids is 3. The van der Waals surface area contributed by atoms with Crippen LogP contribution in [0.3, 0.4) is 0 Å². The zero-order chi connectivity index (χ0) is 30.7. The third-order valence-electron chi connectivity index (χ3n) is 9.81. The van der Waals surface area contributed by atoms with Gasteiger partial charge in [-0.2, -0.15) is 0 Å². The van der Waals surface area contributed by atoms with Gasteiger partial charge < -0.3 is 29.9 Å². The van der Waals surface area contributed by atoms with E-state index < -0.39 is 18.2 Å². The van der Waals surface area contributed by atoms with E-state index in [2.05, 4.69) is 34.5 Å². The average molecular weight is 707 g/mol. The number of hydrogen-bond donors (Lipinski definition) is 3. The van der Waals surface area contributed by atoms with Crippen LogP contribution in [0.25, 0.3) is 0 Å². The number of methoxy groups -OCH3 is 1. The number of carbonyl (C=O) groups is 3. The van der Waals surface area contributed by atoms with Crippen LogP contribution in [-0.2, 0) is 9.59 Å². The molecule has 5 aliphatic carbocycles. The van der Waals surface area contributed by atoms with Crippen molar-refractivity contribution in [2.45, 2.75) is 76.0 Å². The quantitative estimate of drug-likeness (QED) is 0.161. The Bertz CT molecular complexity index is 1230. The summed E-state index contributed by atoms with van der Waals surface area (Å²) in [4.78, 5) is 40.5. The van der Waals surface area contributed by atoms with Gasteiger partial charge in [0.25, 0.3) is 0 Å². The van der Waals surface area contributed by atoms with Crippen molar-refractivity contribution in [2.75, 3.05) is 26.8 Å². The molecular weight excluding hydrogens is 663 g/mol. The number of hydrogen-bond acceptors (Lipinski definition) is 7. The van der Waals surface area contributed by atoms with Crippen LogP contribution in [0, 0.1) is 26.7 Å². The molecule has 3 atom stereocenters. The monoisotopic (exact) mass is 706 g/mol. The highest BCUT2D eigenvalue weighted by Crippen LogP contribution is 2.60. The Morgan fingerprint density at radius 2 is 1.86 bits per heavy atom. The van der Waals surface area contributed by atoms with Crippen LogP contribution in [-0.4, -0.2) is 78.3 Å². The Hall–Kier alpha value is -2.44. The van der Waals surface area contributed by atoms with Crippen molar-refractivity contribution in [1.29, 1.82) is 0 Å². The van der Waals surface area contributed by atoms with E-state index in [0.29, 0.717) is 56.9 Å². The fourth-order valence-electron chi connectivity index (χ4n) is 8.44. The lowest BCUT2D eigenvalue weighted by atomic mass is 9.49. The van der Waals surface area contributed by atoms with Crippen LogP contribution in [0.5, 0.6) is 11.5 Å². The molecule has 6 rings (SSSR count). The first-order valence-electron chi connectivity index (χ1n) is 15.4. The maximum Gasteiger partial charge on any atom is 0.247 e. The van der Waals surface area contributed by atoms with E-state index in [1.807, 2.05) is 4.90 Å². The Kier molecular flexibility index (Phi) is 10.2. The molecular formula is C33H43IN2O7. The number of aliphatic hydroxyl groups is 2. The van der Waals surface area contributed by atoms with Crippen molar-refractivity contribution in [3.63, 3.8) is 0 Å². The van der Waals surface area contributed by atoms with Crippen LogP contribution in [0.2, 0.25) is 0 Å². The lowest BCUT2D eigenvalue weighted by Gasteiger charge is -2.58. The minimum absolute atomic E-state index is 0.0262. The van der Waals surface area contributed by atoms with E-state index in [1.54, 1.807) is 24.3 Å². The molecule has 234 valence electrons. The molecule has 4 saturated carbocycles. The highest BCUT2D eigenvalue weighted by Gasteiger charge is 2.53. The Labute approximate surface area is 267 Å². The molecule has 3 N–H and O–H groups in total. The highest BCUT2D eigenvalue weighted by atomic mass is 127. The predicted molar refractivity (Wildman–Crippen MR) is 170 cm³/mol. The first kappa shape index (κ1) is 32.0. The van der Waals surface area contributed by atoms with Gasteiger partial charge in [-0.1, -0.05) is 6.08 Å². The summed E-state index contributed by atoms with van der Waals surface area (Å²) in [6.07, 6.45) is 10.1. The largest absolute Gasteiger partial charge is 0.493 e. The van der Waals surface area contributed by atoms with Gasteiger partial charge in [0.1, 0.15) is 18.5 Å². The van der Waals surface area contributed by atoms with Gasteiger partial charge in [-0.3, -0.25) is 14.4 Å². The third kappa shape index (κ3) is 6.96. The number of allylic oxidation sites excluding steroid dienone is 1. The number of amides is 2. The van der Waals surface area contributed by atoms with E-state index in [4.69, 9.17) is 9.47 Å². The standard InChI is InChI=1S/C33H43IN2O7/c1-3-4-5-29(39)36(19-33-15-20-8-21(16-33)10-22(9-20)17-33)26-13-24(32(41)35-6-7-37)14-27(30(26)40)43-31-25(34)11-23(18-38)12-28(31)42-2/h3,11-12,14,18,20-22,26-27,30,37,40H,1,4-10,13,15-17,19H2,2H3,(H,35,41). The molecule has 0 radical (unpaired) electrons. The molecule has 4 fully saturated rings. The van der Waals surface area contributed by atoms with Crippen molar-refractivity contribution in [1.82, 2.24) is 10.2 Å². The zero-order valence-corrected chi connectivity index (χ0v) is 27.0. The highest BCUT2D eigenvalue weighted by molar-refractivity contribution is 14.1. The maximum absolute atomic E-state index is 13.9. The molecule has 43 heavy (non-hydrogen) atoms. The molecule has 10 heteroatoms. The van der Waals surface area contributed by atoms with Crippen molar-refractivity contribution < 1.29 is 34.1 Å². The van der Waals surface area contributed by atoms with E-state index in [0.717, 1.165) is 25.5 Å². The Morgan fingerprint density at radius 3 is 2.44 bits per heavy atom. The minimum atomic E-state index is -1.12. The molecule has 1 aromatic carbocycles. The van der Waals surface area contributed by atoms with Gasteiger partial charge in [-0.05, 0) is 109 Å². The molecule has 1 aromatic rings. The summed E-state index contributed by atoms with van der Waals surface area (Å²) < 4.78 is 12.5. The van der Waals surface area contributed by atoms with Gasteiger partial charge in [0.15, 0.2) is 11.5 Å². The molecule has 0 saturated heterocycles. The number of halogens is 1. The summed E-state index contributed by atoms with van der Waals surface area (Å²) in [7, 11) is 1.47. The molecule has 0 aromatic heterocycles. The number of nitrogens with one attached hydrogen (secondary N) is 1. The molecule has 2 amide bonds. The summed E-state index contributed by atoms with van der Waals surface area (Å²) in [5.74, 6) is 2.35. The first-order valence-corrected chi connectivity index (χ1v) is 16.4. The topological polar surface area (TPSA) is 125 Å². The number of nitrogens with zero attached hydrogens (tertiary/aromatic N) is 1. The molecule has 0 heterocycles. The van der Waals surface area contributed by atoms with Crippen LogP contribution in [0.1, 0.15) is 68.1 Å². The fourth-order valence-corrected chi connectivity index (χ4v) is 9.19. The maximum atomic E-state index is 13.9. The number of aldehydes is 1. The van der Waals surface area contributed by atoms with E-state index in [-0.39, 0.29) is 43.2 Å². The number of aliphatic hydroxyl groups excluding tert-OH is 2. The summed E-state index contributed by atoms with van der Waals surface area (Å²) in [5, 5.41) is 24.0. The first-order chi connectivity index (χ1) is 20.7. The van der Waals surface area contributed by atoms with Gasteiger partial charge in [-0.15, -0.1) is 6.58 Å². The van der Waals surface area contributed by atoms with Gasteiger partial charge in [0, 0.05) is 37.1 Å². The summed E-state index contributed by atoms with van der Waals surface area (Å²) in [6, 6.07) is 2.54. The van der Waals surface area contributed by atoms with Gasteiger partial charge >= 0.3 is 0 Å². The van der Waals surface area contributed by atoms with Crippen LogP contribution in [0.15, 0.2) is 36.4 Å². The smallest absolute Gasteiger partial charge is 0.247 e. The van der Waals surface area contributed by atoms with Gasteiger partial charge in [0.05, 0.1) is 23.3 Å². The van der Waals surface area contributed by atoms with Crippen LogP contribution in [0.4, 0.5) is 0 Å². The Balaban J connectivity index is 1.49.